The van der Waals surface area contributed by atoms with E-state index < -0.39 is 0 Å². The third kappa shape index (κ3) is 1.35. The average molecular weight is 135 g/mol. The Bertz CT molecular complexity index is 228. The van der Waals surface area contributed by atoms with Gasteiger partial charge in [-0.25, -0.2) is 0 Å². The lowest BCUT2D eigenvalue weighted by molar-refractivity contribution is 0.475. The van der Waals surface area contributed by atoms with Crippen LogP contribution in [0.3, 0.4) is 0 Å². The van der Waals surface area contributed by atoms with Crippen LogP contribution in [0, 0.1) is 0 Å². The number of allylic oxidation sites excluding steroid dienone is 1. The van der Waals surface area contributed by atoms with Gasteiger partial charge >= 0.3 is 0 Å². The van der Waals surface area contributed by atoms with Crippen LogP contribution in [0.2, 0.25) is 0 Å². The Labute approximate surface area is 59.9 Å². The van der Waals surface area contributed by atoms with E-state index >= 15 is 0 Å². The Morgan fingerprint density at radius 2 is 2.40 bits per heavy atom. The van der Waals surface area contributed by atoms with E-state index in [1.165, 1.54) is 0 Å². The van der Waals surface area contributed by atoms with Crippen LogP contribution in [-0.4, -0.2) is 10.1 Å². The van der Waals surface area contributed by atoms with Crippen molar-refractivity contribution in [2.45, 2.75) is 6.92 Å². The first-order chi connectivity index (χ1) is 4.84. The number of pyridine rings is 1. The largest absolute Gasteiger partial charge is 0.515 e. The molecule has 0 fully saturated rings. The molecule has 1 aromatic heterocycles. The van der Waals surface area contributed by atoms with E-state index in [1.54, 1.807) is 6.20 Å². The predicted octanol–water partition coefficient (Wildman–Crippen LogP) is 2.00. The number of hydrogen-bond acceptors (Lipinski definition) is 2. The molecule has 0 saturated carbocycles. The first kappa shape index (κ1) is 6.81. The maximum Gasteiger partial charge on any atom is 0.0842 e. The molecule has 0 unspecified atom stereocenters. The van der Waals surface area contributed by atoms with Crippen molar-refractivity contribution in [3.8, 4) is 0 Å². The molecule has 10 heavy (non-hydrogen) atoms. The van der Waals surface area contributed by atoms with Crippen LogP contribution < -0.4 is 0 Å². The summed E-state index contributed by atoms with van der Waals surface area (Å²) in [6.07, 6.45) is 2.75. The van der Waals surface area contributed by atoms with Gasteiger partial charge in [-0.2, -0.15) is 0 Å². The van der Waals surface area contributed by atoms with Crippen molar-refractivity contribution in [2.75, 3.05) is 0 Å². The molecule has 0 saturated heterocycles. The minimum atomic E-state index is 0.778. The van der Waals surface area contributed by atoms with Gasteiger partial charge in [0.15, 0.2) is 0 Å². The SMILES string of the molecule is C/C(=C/O)c1ccccn1. The molecule has 2 nitrogen and oxygen atoms in total. The molecule has 0 spiro atoms. The van der Waals surface area contributed by atoms with Crippen LogP contribution in [0.1, 0.15) is 12.6 Å². The number of aliphatic hydroxyl groups excluding tert-OH is 1. The van der Waals surface area contributed by atoms with Crippen LogP contribution in [0.15, 0.2) is 30.7 Å². The maximum absolute atomic E-state index is 8.59. The fourth-order valence-corrected chi connectivity index (χ4v) is 0.662. The van der Waals surface area contributed by atoms with Crippen molar-refractivity contribution in [3.05, 3.63) is 36.4 Å². The first-order valence-corrected chi connectivity index (χ1v) is 3.07. The minimum absolute atomic E-state index is 0.778. The minimum Gasteiger partial charge on any atom is -0.515 e. The highest BCUT2D eigenvalue weighted by atomic mass is 16.2. The summed E-state index contributed by atoms with van der Waals surface area (Å²) in [7, 11) is 0. The summed E-state index contributed by atoms with van der Waals surface area (Å²) in [5.74, 6) is 0. The van der Waals surface area contributed by atoms with Crippen LogP contribution in [0.4, 0.5) is 0 Å². The van der Waals surface area contributed by atoms with Crippen molar-refractivity contribution < 1.29 is 5.11 Å². The van der Waals surface area contributed by atoms with Crippen LogP contribution in [-0.2, 0) is 0 Å². The van der Waals surface area contributed by atoms with E-state index in [1.807, 2.05) is 25.1 Å². The van der Waals surface area contributed by atoms with Crippen LogP contribution in [0.5, 0.6) is 0 Å². The number of hydrogen-bond donors (Lipinski definition) is 1. The van der Waals surface area contributed by atoms with E-state index in [0.29, 0.717) is 0 Å². The lowest BCUT2D eigenvalue weighted by Crippen LogP contribution is -1.82. The average Bonchev–Trinajstić information content (AvgIpc) is 2.05. The second-order valence-electron chi connectivity index (χ2n) is 2.03. The van der Waals surface area contributed by atoms with Crippen LogP contribution in [0.25, 0.3) is 5.57 Å². The predicted molar refractivity (Wildman–Crippen MR) is 40.5 cm³/mol. The Morgan fingerprint density at radius 1 is 1.60 bits per heavy atom. The molecule has 0 aliphatic rings. The molecular formula is C8H9NO. The van der Waals surface area contributed by atoms with E-state index in [0.717, 1.165) is 17.5 Å². The number of aliphatic hydroxyl groups is 1. The van der Waals surface area contributed by atoms with E-state index in [-0.39, 0.29) is 0 Å². The van der Waals surface area contributed by atoms with E-state index in [4.69, 9.17) is 5.11 Å². The summed E-state index contributed by atoms with van der Waals surface area (Å²) < 4.78 is 0. The van der Waals surface area contributed by atoms with Crippen LogP contribution >= 0.6 is 0 Å². The van der Waals surface area contributed by atoms with Crippen molar-refractivity contribution >= 4 is 5.57 Å². The second kappa shape index (κ2) is 3.01. The summed E-state index contributed by atoms with van der Waals surface area (Å²) in [6, 6.07) is 5.57. The summed E-state index contributed by atoms with van der Waals surface area (Å²) >= 11 is 0. The summed E-state index contributed by atoms with van der Waals surface area (Å²) in [5.41, 5.74) is 1.59. The molecule has 0 atom stereocenters. The van der Waals surface area contributed by atoms with Gasteiger partial charge in [0.05, 0.1) is 12.0 Å². The normalized spacial score (nSPS) is 11.5. The highest BCUT2D eigenvalue weighted by Crippen LogP contribution is 2.07. The first-order valence-electron chi connectivity index (χ1n) is 3.07. The molecule has 0 amide bonds. The fourth-order valence-electron chi connectivity index (χ4n) is 0.662. The topological polar surface area (TPSA) is 33.1 Å². The van der Waals surface area contributed by atoms with Gasteiger partial charge in [-0.3, -0.25) is 4.98 Å². The Hall–Kier alpha value is -1.31. The van der Waals surface area contributed by atoms with Gasteiger partial charge in [0, 0.05) is 11.8 Å². The Morgan fingerprint density at radius 3 is 2.90 bits per heavy atom. The number of aromatic nitrogens is 1. The quantitative estimate of drug-likeness (QED) is 0.597. The number of rotatable bonds is 1. The van der Waals surface area contributed by atoms with E-state index in [2.05, 4.69) is 4.98 Å². The standard InChI is InChI=1S/C8H9NO/c1-7(6-10)8-4-2-3-5-9-8/h2-6,10H,1H3/b7-6-. The molecule has 52 valence electrons. The molecule has 1 heterocycles. The van der Waals surface area contributed by atoms with Gasteiger partial charge < -0.3 is 5.11 Å². The lowest BCUT2D eigenvalue weighted by atomic mass is 10.2. The van der Waals surface area contributed by atoms with Gasteiger partial charge in [0.2, 0.25) is 0 Å². The van der Waals surface area contributed by atoms with Crippen molar-refractivity contribution in [3.63, 3.8) is 0 Å². The van der Waals surface area contributed by atoms with Crippen molar-refractivity contribution in [1.82, 2.24) is 4.98 Å². The highest BCUT2D eigenvalue weighted by Gasteiger charge is 1.92. The second-order valence-corrected chi connectivity index (χ2v) is 2.03. The molecule has 2 heteroatoms. The zero-order valence-electron chi connectivity index (χ0n) is 5.78. The molecule has 1 N–H and O–H groups in total. The Balaban J connectivity index is 2.96. The third-order valence-electron chi connectivity index (χ3n) is 1.26. The molecule has 0 aromatic carbocycles. The fraction of sp³-hybridized carbons (Fsp3) is 0.125. The summed E-state index contributed by atoms with van der Waals surface area (Å²) in [5, 5.41) is 8.59. The van der Waals surface area contributed by atoms with E-state index in [9.17, 15) is 0 Å². The third-order valence-corrected chi connectivity index (χ3v) is 1.26. The van der Waals surface area contributed by atoms with Gasteiger partial charge in [-0.1, -0.05) is 6.07 Å². The molecule has 0 aliphatic heterocycles. The van der Waals surface area contributed by atoms with Crippen molar-refractivity contribution in [1.29, 1.82) is 0 Å². The zero-order chi connectivity index (χ0) is 7.40. The molecule has 0 aliphatic carbocycles. The van der Waals surface area contributed by atoms with Gasteiger partial charge in [0.25, 0.3) is 0 Å². The molecule has 1 rings (SSSR count). The van der Waals surface area contributed by atoms with Crippen molar-refractivity contribution in [2.24, 2.45) is 0 Å². The smallest absolute Gasteiger partial charge is 0.0842 e. The van der Waals surface area contributed by atoms with Gasteiger partial charge in [-0.15, -0.1) is 0 Å². The summed E-state index contributed by atoms with van der Waals surface area (Å²) in [6.45, 7) is 1.81. The maximum atomic E-state index is 8.59. The van der Waals surface area contributed by atoms with Gasteiger partial charge in [-0.05, 0) is 19.1 Å². The zero-order valence-corrected chi connectivity index (χ0v) is 5.78. The molecule has 0 bridgehead atoms. The summed E-state index contributed by atoms with van der Waals surface area (Å²) in [4.78, 5) is 4.02. The Kier molecular flexibility index (Phi) is 2.05. The monoisotopic (exact) mass is 135 g/mol. The number of nitrogens with zero attached hydrogens (tertiary/aromatic N) is 1. The molecule has 1 aromatic rings. The lowest BCUT2D eigenvalue weighted by Gasteiger charge is -1.94. The molecule has 0 radical (unpaired) electrons. The highest BCUT2D eigenvalue weighted by molar-refractivity contribution is 5.58. The molecular weight excluding hydrogens is 126 g/mol. The van der Waals surface area contributed by atoms with Gasteiger partial charge in [0.1, 0.15) is 0 Å².